The van der Waals surface area contributed by atoms with Gasteiger partial charge in [0, 0.05) is 19.0 Å². The van der Waals surface area contributed by atoms with Crippen molar-refractivity contribution in [2.45, 2.75) is 38.9 Å². The van der Waals surface area contributed by atoms with Gasteiger partial charge in [0.2, 0.25) is 0 Å². The van der Waals surface area contributed by atoms with Crippen LogP contribution in [-0.2, 0) is 4.74 Å². The van der Waals surface area contributed by atoms with E-state index in [1.54, 1.807) is 20.8 Å². The van der Waals surface area contributed by atoms with Gasteiger partial charge in [-0.1, -0.05) is 6.07 Å². The molecule has 2 atom stereocenters. The van der Waals surface area contributed by atoms with Crippen LogP contribution >= 0.6 is 0 Å². The Kier molecular flexibility index (Phi) is 4.70. The monoisotopic (exact) mass is 313 g/mol. The van der Waals surface area contributed by atoms with Crippen molar-refractivity contribution in [3.05, 3.63) is 35.4 Å². The van der Waals surface area contributed by atoms with Crippen LogP contribution in [-0.4, -0.2) is 34.8 Å². The Labute approximate surface area is 128 Å². The SMILES string of the molecule is CC(C)(C)OC(=O)N1CCC(C(O)c2ccc(F)c(F)c2)C1. The summed E-state index contributed by atoms with van der Waals surface area (Å²) in [4.78, 5) is 13.5. The van der Waals surface area contributed by atoms with Gasteiger partial charge in [-0.25, -0.2) is 13.6 Å². The quantitative estimate of drug-likeness (QED) is 0.912. The Morgan fingerprint density at radius 2 is 2.05 bits per heavy atom. The van der Waals surface area contributed by atoms with E-state index in [2.05, 4.69) is 0 Å². The van der Waals surface area contributed by atoms with Crippen LogP contribution in [0.25, 0.3) is 0 Å². The summed E-state index contributed by atoms with van der Waals surface area (Å²) in [5, 5.41) is 10.3. The molecule has 1 fully saturated rings. The molecule has 122 valence electrons. The third-order valence-electron chi connectivity index (χ3n) is 3.61. The highest BCUT2D eigenvalue weighted by Crippen LogP contribution is 2.31. The normalized spacial score (nSPS) is 20.1. The average Bonchev–Trinajstić information content (AvgIpc) is 2.89. The number of halogens is 2. The molecule has 1 aliphatic heterocycles. The third kappa shape index (κ3) is 3.94. The van der Waals surface area contributed by atoms with Crippen molar-refractivity contribution < 1.29 is 23.4 Å². The standard InChI is InChI=1S/C16H21F2NO3/c1-16(2,3)22-15(21)19-7-6-11(9-19)14(20)10-4-5-12(17)13(18)8-10/h4-5,8,11,14,20H,6-7,9H2,1-3H3. The first-order valence-corrected chi connectivity index (χ1v) is 7.28. The molecule has 1 aromatic rings. The first-order chi connectivity index (χ1) is 10.2. The maximum Gasteiger partial charge on any atom is 0.410 e. The van der Waals surface area contributed by atoms with Crippen LogP contribution in [0.15, 0.2) is 18.2 Å². The maximum absolute atomic E-state index is 13.2. The lowest BCUT2D eigenvalue weighted by Gasteiger charge is -2.25. The summed E-state index contributed by atoms with van der Waals surface area (Å²) in [7, 11) is 0. The number of hydrogen-bond donors (Lipinski definition) is 1. The molecule has 1 saturated heterocycles. The van der Waals surface area contributed by atoms with Crippen LogP contribution in [0.2, 0.25) is 0 Å². The zero-order valence-electron chi connectivity index (χ0n) is 13.0. The summed E-state index contributed by atoms with van der Waals surface area (Å²) in [5.41, 5.74) is -0.261. The summed E-state index contributed by atoms with van der Waals surface area (Å²) in [5.74, 6) is -2.16. The number of hydrogen-bond acceptors (Lipinski definition) is 3. The molecule has 0 bridgehead atoms. The van der Waals surface area contributed by atoms with Gasteiger partial charge in [-0.05, 0) is 44.9 Å². The van der Waals surface area contributed by atoms with Crippen molar-refractivity contribution in [2.75, 3.05) is 13.1 Å². The first-order valence-electron chi connectivity index (χ1n) is 7.28. The van der Waals surface area contributed by atoms with Crippen LogP contribution < -0.4 is 0 Å². The van der Waals surface area contributed by atoms with Gasteiger partial charge >= 0.3 is 6.09 Å². The number of ether oxygens (including phenoxy) is 1. The fraction of sp³-hybridized carbons (Fsp3) is 0.562. The number of likely N-dealkylation sites (tertiary alicyclic amines) is 1. The molecule has 1 heterocycles. The van der Waals surface area contributed by atoms with Crippen molar-refractivity contribution in [1.29, 1.82) is 0 Å². The highest BCUT2D eigenvalue weighted by Gasteiger charge is 2.34. The fourth-order valence-corrected chi connectivity index (χ4v) is 2.51. The van der Waals surface area contributed by atoms with Crippen molar-refractivity contribution in [1.82, 2.24) is 4.90 Å². The lowest BCUT2D eigenvalue weighted by Crippen LogP contribution is -2.35. The predicted molar refractivity (Wildman–Crippen MR) is 77.2 cm³/mol. The van der Waals surface area contributed by atoms with E-state index in [4.69, 9.17) is 4.74 Å². The number of nitrogens with zero attached hydrogens (tertiary/aromatic N) is 1. The maximum atomic E-state index is 13.2. The Morgan fingerprint density at radius 1 is 1.36 bits per heavy atom. The molecule has 6 heteroatoms. The van der Waals surface area contributed by atoms with Gasteiger partial charge in [-0.15, -0.1) is 0 Å². The van der Waals surface area contributed by atoms with E-state index in [9.17, 15) is 18.7 Å². The number of rotatable bonds is 2. The number of benzene rings is 1. The average molecular weight is 313 g/mol. The molecular weight excluding hydrogens is 292 g/mol. The van der Waals surface area contributed by atoms with Gasteiger partial charge in [-0.3, -0.25) is 0 Å². The van der Waals surface area contributed by atoms with E-state index in [0.717, 1.165) is 12.1 Å². The van der Waals surface area contributed by atoms with E-state index in [-0.39, 0.29) is 5.92 Å². The number of carbonyl (C=O) groups is 1. The summed E-state index contributed by atoms with van der Waals surface area (Å²) in [6.45, 7) is 6.16. The molecule has 1 aliphatic rings. The van der Waals surface area contributed by atoms with E-state index < -0.39 is 29.4 Å². The number of aliphatic hydroxyl groups excluding tert-OH is 1. The van der Waals surface area contributed by atoms with Crippen LogP contribution in [0.1, 0.15) is 38.9 Å². The Bertz CT molecular complexity index is 557. The van der Waals surface area contributed by atoms with Crippen molar-refractivity contribution >= 4 is 6.09 Å². The minimum atomic E-state index is -0.987. The highest BCUT2D eigenvalue weighted by molar-refractivity contribution is 5.68. The topological polar surface area (TPSA) is 49.8 Å². The second-order valence-corrected chi connectivity index (χ2v) is 6.59. The summed E-state index contributed by atoms with van der Waals surface area (Å²) in [6, 6.07) is 3.35. The van der Waals surface area contributed by atoms with E-state index in [1.807, 2.05) is 0 Å². The first kappa shape index (κ1) is 16.7. The van der Waals surface area contributed by atoms with Crippen LogP contribution in [0, 0.1) is 17.6 Å². The second kappa shape index (κ2) is 6.20. The number of amides is 1. The lowest BCUT2D eigenvalue weighted by molar-refractivity contribution is 0.0268. The number of carbonyl (C=O) groups excluding carboxylic acids is 1. The molecule has 2 unspecified atom stereocenters. The molecule has 0 radical (unpaired) electrons. The summed E-state index contributed by atoms with van der Waals surface area (Å²) in [6.07, 6.45) is -0.783. The van der Waals surface area contributed by atoms with Crippen LogP contribution in [0.4, 0.5) is 13.6 Å². The van der Waals surface area contributed by atoms with Crippen molar-refractivity contribution in [3.63, 3.8) is 0 Å². The largest absolute Gasteiger partial charge is 0.444 e. The van der Waals surface area contributed by atoms with E-state index >= 15 is 0 Å². The van der Waals surface area contributed by atoms with Crippen LogP contribution in [0.5, 0.6) is 0 Å². The zero-order chi connectivity index (χ0) is 16.5. The van der Waals surface area contributed by atoms with E-state index in [1.165, 1.54) is 11.0 Å². The molecule has 0 saturated carbocycles. The predicted octanol–water partition coefficient (Wildman–Crippen LogP) is 3.26. The van der Waals surface area contributed by atoms with E-state index in [0.29, 0.717) is 25.1 Å². The molecule has 1 N–H and O–H groups in total. The molecule has 1 aromatic carbocycles. The minimum Gasteiger partial charge on any atom is -0.444 e. The Hall–Kier alpha value is -1.69. The van der Waals surface area contributed by atoms with Gasteiger partial charge < -0.3 is 14.7 Å². The molecule has 1 amide bonds. The Balaban J connectivity index is 2.00. The molecule has 0 aromatic heterocycles. The zero-order valence-corrected chi connectivity index (χ0v) is 13.0. The molecule has 4 nitrogen and oxygen atoms in total. The molecular formula is C16H21F2NO3. The Morgan fingerprint density at radius 3 is 2.64 bits per heavy atom. The summed E-state index contributed by atoms with van der Waals surface area (Å²) < 4.78 is 31.5. The third-order valence-corrected chi connectivity index (χ3v) is 3.61. The van der Waals surface area contributed by atoms with Gasteiger partial charge in [0.1, 0.15) is 5.60 Å². The highest BCUT2D eigenvalue weighted by atomic mass is 19.2. The molecule has 0 spiro atoms. The van der Waals surface area contributed by atoms with Gasteiger partial charge in [0.25, 0.3) is 0 Å². The second-order valence-electron chi connectivity index (χ2n) is 6.59. The molecule has 2 rings (SSSR count). The molecule has 0 aliphatic carbocycles. The smallest absolute Gasteiger partial charge is 0.410 e. The van der Waals surface area contributed by atoms with Gasteiger partial charge in [-0.2, -0.15) is 0 Å². The van der Waals surface area contributed by atoms with Crippen molar-refractivity contribution in [2.24, 2.45) is 5.92 Å². The van der Waals surface area contributed by atoms with Gasteiger partial charge in [0.05, 0.1) is 6.10 Å². The minimum absolute atomic E-state index is 0.225. The fourth-order valence-electron chi connectivity index (χ4n) is 2.51. The van der Waals surface area contributed by atoms with Gasteiger partial charge in [0.15, 0.2) is 11.6 Å². The number of aliphatic hydroxyl groups is 1. The molecule has 22 heavy (non-hydrogen) atoms. The summed E-state index contributed by atoms with van der Waals surface area (Å²) >= 11 is 0. The van der Waals surface area contributed by atoms with Crippen molar-refractivity contribution in [3.8, 4) is 0 Å². The van der Waals surface area contributed by atoms with Crippen LogP contribution in [0.3, 0.4) is 0 Å². The lowest BCUT2D eigenvalue weighted by atomic mass is 9.95.